The maximum absolute atomic E-state index is 5.40. The lowest BCUT2D eigenvalue weighted by molar-refractivity contribution is 0.0613. The van der Waals surface area contributed by atoms with E-state index in [-0.39, 0.29) is 0 Å². The van der Waals surface area contributed by atoms with Gasteiger partial charge in [-0.1, -0.05) is 11.3 Å². The molecule has 1 aromatic heterocycles. The third kappa shape index (κ3) is 4.10. The summed E-state index contributed by atoms with van der Waals surface area (Å²) in [4.78, 5) is 0. The third-order valence-electron chi connectivity index (χ3n) is 1.52. The first-order valence-corrected chi connectivity index (χ1v) is 5.26. The molecule has 0 aliphatic carbocycles. The molecule has 0 saturated carbocycles. The van der Waals surface area contributed by atoms with Crippen LogP contribution >= 0.6 is 11.3 Å². The van der Waals surface area contributed by atoms with Crippen molar-refractivity contribution in [2.75, 3.05) is 26.9 Å². The number of nitrogens with zero attached hydrogens (tertiary/aromatic N) is 2. The highest BCUT2D eigenvalue weighted by Gasteiger charge is 2.02. The number of methoxy groups -OCH3 is 1. The van der Waals surface area contributed by atoms with Crippen LogP contribution < -0.4 is 5.73 Å². The summed E-state index contributed by atoms with van der Waals surface area (Å²) in [6, 6.07) is 0. The van der Waals surface area contributed by atoms with E-state index in [2.05, 4.69) is 10.2 Å². The second kappa shape index (κ2) is 6.83. The fourth-order valence-corrected chi connectivity index (χ4v) is 1.67. The summed E-state index contributed by atoms with van der Waals surface area (Å²) in [6.07, 6.45) is 0.787. The Balaban J connectivity index is 2.22. The molecule has 0 spiro atoms. The van der Waals surface area contributed by atoms with E-state index in [4.69, 9.17) is 15.2 Å². The molecule has 5 nitrogen and oxygen atoms in total. The molecule has 0 unspecified atom stereocenters. The van der Waals surface area contributed by atoms with Gasteiger partial charge < -0.3 is 15.2 Å². The molecule has 6 heteroatoms. The van der Waals surface area contributed by atoms with Gasteiger partial charge in [-0.3, -0.25) is 0 Å². The first kappa shape index (κ1) is 11.5. The maximum atomic E-state index is 5.40. The lowest BCUT2D eigenvalue weighted by atomic mass is 10.5. The lowest BCUT2D eigenvalue weighted by Crippen LogP contribution is -2.01. The largest absolute Gasteiger partial charge is 0.382 e. The standard InChI is InChI=1S/C8H15N3O2S/c1-12-4-5-13-6-8-11-10-7(14-8)2-3-9/h2-6,9H2,1H3. The molecule has 0 radical (unpaired) electrons. The first-order chi connectivity index (χ1) is 6.86. The molecule has 1 heterocycles. The SMILES string of the molecule is COCCOCc1nnc(CCN)s1. The topological polar surface area (TPSA) is 70.3 Å². The predicted molar refractivity (Wildman–Crippen MR) is 54.2 cm³/mol. The van der Waals surface area contributed by atoms with Crippen LogP contribution in [0.5, 0.6) is 0 Å². The Bertz CT molecular complexity index is 254. The summed E-state index contributed by atoms with van der Waals surface area (Å²) >= 11 is 1.55. The molecular formula is C8H15N3O2S. The Hall–Kier alpha value is -0.560. The molecule has 0 bridgehead atoms. The Morgan fingerprint density at radius 1 is 1.29 bits per heavy atom. The molecule has 80 valence electrons. The van der Waals surface area contributed by atoms with Gasteiger partial charge in [0.1, 0.15) is 16.6 Å². The number of hydrogen-bond donors (Lipinski definition) is 1. The Morgan fingerprint density at radius 2 is 2.07 bits per heavy atom. The van der Waals surface area contributed by atoms with Crippen LogP contribution in [0.3, 0.4) is 0 Å². The van der Waals surface area contributed by atoms with E-state index in [9.17, 15) is 0 Å². The smallest absolute Gasteiger partial charge is 0.143 e. The van der Waals surface area contributed by atoms with Gasteiger partial charge in [-0.2, -0.15) is 0 Å². The lowest BCUT2D eigenvalue weighted by Gasteiger charge is -1.98. The zero-order chi connectivity index (χ0) is 10.2. The summed E-state index contributed by atoms with van der Waals surface area (Å²) in [5, 5.41) is 9.83. The van der Waals surface area contributed by atoms with Crippen LogP contribution in [-0.4, -0.2) is 37.1 Å². The summed E-state index contributed by atoms with van der Waals surface area (Å²) in [6.45, 7) is 2.31. The number of nitrogens with two attached hydrogens (primary N) is 1. The molecule has 14 heavy (non-hydrogen) atoms. The Kier molecular flexibility index (Phi) is 5.62. The Labute approximate surface area is 87.2 Å². The fourth-order valence-electron chi connectivity index (χ4n) is 0.873. The fraction of sp³-hybridized carbons (Fsp3) is 0.750. The van der Waals surface area contributed by atoms with E-state index in [0.717, 1.165) is 16.4 Å². The van der Waals surface area contributed by atoms with Crippen LogP contribution in [-0.2, 0) is 22.5 Å². The van der Waals surface area contributed by atoms with Crippen molar-refractivity contribution in [2.45, 2.75) is 13.0 Å². The van der Waals surface area contributed by atoms with Crippen molar-refractivity contribution in [2.24, 2.45) is 5.73 Å². The van der Waals surface area contributed by atoms with Crippen LogP contribution in [0.4, 0.5) is 0 Å². The monoisotopic (exact) mass is 217 g/mol. The van der Waals surface area contributed by atoms with E-state index >= 15 is 0 Å². The summed E-state index contributed by atoms with van der Waals surface area (Å²) in [5.41, 5.74) is 5.40. The van der Waals surface area contributed by atoms with Crippen molar-refractivity contribution in [3.05, 3.63) is 10.0 Å². The van der Waals surface area contributed by atoms with E-state index in [1.54, 1.807) is 18.4 Å². The minimum Gasteiger partial charge on any atom is -0.382 e. The van der Waals surface area contributed by atoms with Crippen molar-refractivity contribution in [3.8, 4) is 0 Å². The van der Waals surface area contributed by atoms with Crippen molar-refractivity contribution >= 4 is 11.3 Å². The maximum Gasteiger partial charge on any atom is 0.143 e. The zero-order valence-corrected chi connectivity index (χ0v) is 9.05. The van der Waals surface area contributed by atoms with Crippen molar-refractivity contribution in [3.63, 3.8) is 0 Å². The zero-order valence-electron chi connectivity index (χ0n) is 8.23. The summed E-state index contributed by atoms with van der Waals surface area (Å²) < 4.78 is 10.2. The van der Waals surface area contributed by atoms with Gasteiger partial charge in [-0.05, 0) is 6.54 Å². The van der Waals surface area contributed by atoms with Crippen molar-refractivity contribution in [1.29, 1.82) is 0 Å². The predicted octanol–water partition coefficient (Wildman–Crippen LogP) is 0.202. The van der Waals surface area contributed by atoms with Crippen LogP contribution in [0.1, 0.15) is 10.0 Å². The van der Waals surface area contributed by atoms with Gasteiger partial charge in [-0.25, -0.2) is 0 Å². The average molecular weight is 217 g/mol. The van der Waals surface area contributed by atoms with Gasteiger partial charge in [-0.15, -0.1) is 10.2 Å². The van der Waals surface area contributed by atoms with Crippen molar-refractivity contribution < 1.29 is 9.47 Å². The van der Waals surface area contributed by atoms with Gasteiger partial charge in [0.25, 0.3) is 0 Å². The van der Waals surface area contributed by atoms with Gasteiger partial charge >= 0.3 is 0 Å². The molecule has 0 aromatic carbocycles. The molecule has 2 N–H and O–H groups in total. The van der Waals surface area contributed by atoms with E-state index < -0.39 is 0 Å². The minimum atomic E-state index is 0.506. The summed E-state index contributed by atoms with van der Waals surface area (Å²) in [5.74, 6) is 0. The van der Waals surface area contributed by atoms with Crippen molar-refractivity contribution in [1.82, 2.24) is 10.2 Å². The highest BCUT2D eigenvalue weighted by Crippen LogP contribution is 2.10. The van der Waals surface area contributed by atoms with E-state index in [1.807, 2.05) is 0 Å². The second-order valence-corrected chi connectivity index (χ2v) is 3.82. The van der Waals surface area contributed by atoms with Gasteiger partial charge in [0, 0.05) is 13.5 Å². The highest BCUT2D eigenvalue weighted by atomic mass is 32.1. The molecule has 0 aliphatic heterocycles. The number of aromatic nitrogens is 2. The first-order valence-electron chi connectivity index (χ1n) is 4.45. The minimum absolute atomic E-state index is 0.506. The van der Waals surface area contributed by atoms with Crippen LogP contribution in [0.25, 0.3) is 0 Å². The number of ether oxygens (including phenoxy) is 2. The average Bonchev–Trinajstić information content (AvgIpc) is 2.61. The van der Waals surface area contributed by atoms with Crippen LogP contribution in [0.2, 0.25) is 0 Å². The quantitative estimate of drug-likeness (QED) is 0.661. The molecule has 0 aliphatic rings. The van der Waals surface area contributed by atoms with Gasteiger partial charge in [0.2, 0.25) is 0 Å². The van der Waals surface area contributed by atoms with Crippen LogP contribution in [0.15, 0.2) is 0 Å². The summed E-state index contributed by atoms with van der Waals surface area (Å²) in [7, 11) is 1.65. The number of hydrogen-bond acceptors (Lipinski definition) is 6. The molecule has 0 atom stereocenters. The molecule has 0 amide bonds. The second-order valence-electron chi connectivity index (χ2n) is 2.67. The highest BCUT2D eigenvalue weighted by molar-refractivity contribution is 7.11. The molecular weight excluding hydrogens is 202 g/mol. The molecule has 0 fully saturated rings. The normalized spacial score (nSPS) is 10.7. The number of rotatable bonds is 7. The Morgan fingerprint density at radius 3 is 2.79 bits per heavy atom. The molecule has 0 saturated heterocycles. The van der Waals surface area contributed by atoms with Crippen LogP contribution in [0, 0.1) is 0 Å². The molecule has 1 rings (SSSR count). The third-order valence-corrected chi connectivity index (χ3v) is 2.48. The van der Waals surface area contributed by atoms with E-state index in [1.165, 1.54) is 0 Å². The van der Waals surface area contributed by atoms with E-state index in [0.29, 0.717) is 26.4 Å². The van der Waals surface area contributed by atoms with Gasteiger partial charge in [0.15, 0.2) is 0 Å². The molecule has 1 aromatic rings. The van der Waals surface area contributed by atoms with Gasteiger partial charge in [0.05, 0.1) is 13.2 Å².